The van der Waals surface area contributed by atoms with E-state index in [0.717, 1.165) is 66.5 Å². The van der Waals surface area contributed by atoms with Crippen molar-refractivity contribution in [3.8, 4) is 67.8 Å². The lowest BCUT2D eigenvalue weighted by Gasteiger charge is -2.28. The van der Waals surface area contributed by atoms with Crippen molar-refractivity contribution in [3.05, 3.63) is 281 Å². The molecule has 7 heteroatoms. The lowest BCUT2D eigenvalue weighted by Crippen LogP contribution is -2.19. The van der Waals surface area contributed by atoms with Crippen LogP contribution in [-0.4, -0.2) is 29.9 Å². The zero-order chi connectivity index (χ0) is 53.3. The highest BCUT2D eigenvalue weighted by atomic mass is 15.4. The number of anilines is 3. The summed E-state index contributed by atoms with van der Waals surface area (Å²) in [5.41, 5.74) is 19.8. The highest BCUT2D eigenvalue weighted by Crippen LogP contribution is 2.43. The van der Waals surface area contributed by atoms with Crippen molar-refractivity contribution < 1.29 is 0 Å². The first kappa shape index (κ1) is 49.2. The van der Waals surface area contributed by atoms with Crippen LogP contribution < -0.4 is 4.90 Å². The van der Waals surface area contributed by atoms with Gasteiger partial charge in [-0.3, -0.25) is 0 Å². The summed E-state index contributed by atoms with van der Waals surface area (Å²) in [6, 6.07) is 80.4. The van der Waals surface area contributed by atoms with E-state index in [4.69, 9.17) is 29.9 Å². The Morgan fingerprint density at radius 3 is 1.18 bits per heavy atom. The van der Waals surface area contributed by atoms with Crippen molar-refractivity contribution >= 4 is 28.4 Å². The van der Waals surface area contributed by atoms with Crippen LogP contribution in [0.15, 0.2) is 231 Å². The van der Waals surface area contributed by atoms with Crippen molar-refractivity contribution in [3.63, 3.8) is 0 Å². The van der Waals surface area contributed by atoms with Gasteiger partial charge in [0.2, 0.25) is 11.9 Å². The second-order valence-electron chi connectivity index (χ2n) is 20.3. The zero-order valence-corrected chi connectivity index (χ0v) is 44.6. The average molecular weight is 1010 g/mol. The fourth-order valence-electron chi connectivity index (χ4n) is 11.3. The molecule has 0 spiro atoms. The van der Waals surface area contributed by atoms with E-state index in [2.05, 4.69) is 199 Å². The van der Waals surface area contributed by atoms with Gasteiger partial charge < -0.3 is 0 Å². The highest BCUT2D eigenvalue weighted by molar-refractivity contribution is 5.95. The molecule has 12 rings (SSSR count). The Kier molecular flexibility index (Phi) is 13.3. The predicted octanol–water partition coefficient (Wildman–Crippen LogP) is 17.7. The maximum absolute atomic E-state index is 5.53. The van der Waals surface area contributed by atoms with E-state index in [1.54, 1.807) is 0 Å². The molecular weight excluding hydrogens is 951 g/mol. The Morgan fingerprint density at radius 2 is 0.692 bits per heavy atom. The van der Waals surface area contributed by atoms with Crippen LogP contribution in [0.25, 0.3) is 78.6 Å². The van der Waals surface area contributed by atoms with Crippen molar-refractivity contribution in [1.29, 1.82) is 0 Å². The van der Waals surface area contributed by atoms with Gasteiger partial charge in [0.05, 0.1) is 5.69 Å². The van der Waals surface area contributed by atoms with Gasteiger partial charge in [0.15, 0.2) is 23.3 Å². The molecule has 0 saturated heterocycles. The van der Waals surface area contributed by atoms with Crippen LogP contribution in [0.5, 0.6) is 0 Å². The second kappa shape index (κ2) is 21.1. The van der Waals surface area contributed by atoms with Gasteiger partial charge in [0.25, 0.3) is 0 Å². The van der Waals surface area contributed by atoms with E-state index in [0.29, 0.717) is 35.2 Å². The van der Waals surface area contributed by atoms with E-state index >= 15 is 0 Å². The minimum Gasteiger partial charge on any atom is -0.246 e. The highest BCUT2D eigenvalue weighted by Gasteiger charge is 2.28. The van der Waals surface area contributed by atoms with Crippen molar-refractivity contribution in [1.82, 2.24) is 29.9 Å². The summed E-state index contributed by atoms with van der Waals surface area (Å²) in [7, 11) is 0. The van der Waals surface area contributed by atoms with Crippen molar-refractivity contribution in [2.75, 3.05) is 4.90 Å². The molecule has 0 unspecified atom stereocenters. The second-order valence-corrected chi connectivity index (χ2v) is 20.3. The summed E-state index contributed by atoms with van der Waals surface area (Å²) < 4.78 is 0. The summed E-state index contributed by atoms with van der Waals surface area (Å²) in [4.78, 5) is 34.3. The fourth-order valence-corrected chi connectivity index (χ4v) is 11.3. The Bertz CT molecular complexity index is 3980. The number of benzene rings is 10. The molecule has 78 heavy (non-hydrogen) atoms. The quantitative estimate of drug-likeness (QED) is 0.113. The standard InChI is InChI=1S/C71H57N7/c1-45-38-47(3)63(48(4)39-45)65(64-49(5)40-46(2)41-50(64)6)54-34-36-60(37-35-54)78(71-75-67(56-29-17-10-18-30-56)73-69(77-71)62-33-21-31-53-26-19-20-32-61(53)62)70-74-66(55-27-15-9-16-28-55)72-68(76-70)59-43-57(51-22-11-7-12-23-51)42-58(44-59)52-24-13-8-14-25-52/h7-44,65H,1-6H3. The number of hydrogen-bond acceptors (Lipinski definition) is 7. The van der Waals surface area contributed by atoms with Crippen molar-refractivity contribution in [2.45, 2.75) is 47.5 Å². The van der Waals surface area contributed by atoms with E-state index in [9.17, 15) is 0 Å². The third-order valence-corrected chi connectivity index (χ3v) is 14.7. The first-order chi connectivity index (χ1) is 38.1. The maximum Gasteiger partial charge on any atom is 0.241 e. The molecule has 2 aromatic heterocycles. The predicted molar refractivity (Wildman–Crippen MR) is 320 cm³/mol. The molecule has 0 aliphatic heterocycles. The maximum atomic E-state index is 5.53. The summed E-state index contributed by atoms with van der Waals surface area (Å²) in [5, 5.41) is 2.11. The molecule has 0 fully saturated rings. The average Bonchev–Trinajstić information content (AvgIpc) is 3.51. The summed E-state index contributed by atoms with van der Waals surface area (Å²) in [6.45, 7) is 13.3. The molecule has 0 atom stereocenters. The minimum absolute atomic E-state index is 0.0438. The number of hydrogen-bond donors (Lipinski definition) is 0. The molecule has 0 amide bonds. The van der Waals surface area contributed by atoms with E-state index in [-0.39, 0.29) is 5.92 Å². The Hall–Kier alpha value is -9.72. The molecule has 0 bridgehead atoms. The first-order valence-corrected chi connectivity index (χ1v) is 26.5. The van der Waals surface area contributed by atoms with Gasteiger partial charge in [-0.25, -0.2) is 14.9 Å². The lowest BCUT2D eigenvalue weighted by molar-refractivity contribution is 0.917. The molecule has 0 radical (unpaired) electrons. The van der Waals surface area contributed by atoms with Gasteiger partial charge in [-0.15, -0.1) is 0 Å². The van der Waals surface area contributed by atoms with Crippen LogP contribution in [0.1, 0.15) is 56.0 Å². The van der Waals surface area contributed by atoms with Gasteiger partial charge in [-0.05, 0) is 144 Å². The normalized spacial score (nSPS) is 11.3. The van der Waals surface area contributed by atoms with Crippen LogP contribution >= 0.6 is 0 Å². The molecule has 0 aliphatic carbocycles. The molecule has 0 saturated carbocycles. The van der Waals surface area contributed by atoms with Crippen LogP contribution in [0.3, 0.4) is 0 Å². The molecule has 376 valence electrons. The number of rotatable bonds is 12. The van der Waals surface area contributed by atoms with E-state index in [1.165, 1.54) is 44.5 Å². The number of nitrogens with zero attached hydrogens (tertiary/aromatic N) is 7. The first-order valence-electron chi connectivity index (χ1n) is 26.5. The molecule has 0 N–H and O–H groups in total. The largest absolute Gasteiger partial charge is 0.246 e. The smallest absolute Gasteiger partial charge is 0.241 e. The SMILES string of the molecule is Cc1cc(C)c(C(c2ccc(N(c3nc(-c4ccccc4)nc(-c4cc(-c5ccccc5)cc(-c5ccccc5)c4)n3)c3nc(-c4ccccc4)nc(-c4cccc5ccccc45)n3)cc2)c2c(C)cc(C)cc2C)c(C)c1. The summed E-state index contributed by atoms with van der Waals surface area (Å²) in [6.07, 6.45) is 0. The topological polar surface area (TPSA) is 80.6 Å². The lowest BCUT2D eigenvalue weighted by atomic mass is 9.77. The van der Waals surface area contributed by atoms with Crippen molar-refractivity contribution in [2.24, 2.45) is 0 Å². The molecule has 0 aliphatic rings. The van der Waals surface area contributed by atoms with Crippen LogP contribution in [-0.2, 0) is 0 Å². The van der Waals surface area contributed by atoms with Crippen LogP contribution in [0, 0.1) is 41.5 Å². The number of aromatic nitrogens is 6. The van der Waals surface area contributed by atoms with Crippen LogP contribution in [0.4, 0.5) is 17.6 Å². The van der Waals surface area contributed by atoms with Gasteiger partial charge in [-0.2, -0.15) is 19.9 Å². The molecule has 7 nitrogen and oxygen atoms in total. The third kappa shape index (κ3) is 9.86. The number of aryl methyl sites for hydroxylation is 6. The van der Waals surface area contributed by atoms with Crippen LogP contribution in [0.2, 0.25) is 0 Å². The minimum atomic E-state index is -0.0438. The van der Waals surface area contributed by atoms with Gasteiger partial charge >= 0.3 is 0 Å². The molecule has 2 heterocycles. The van der Waals surface area contributed by atoms with Gasteiger partial charge in [0.1, 0.15) is 0 Å². The molecule has 12 aromatic rings. The van der Waals surface area contributed by atoms with E-state index in [1.807, 2.05) is 77.7 Å². The Balaban J connectivity index is 1.13. The third-order valence-electron chi connectivity index (χ3n) is 14.7. The fraction of sp³-hybridized carbons (Fsp3) is 0.0986. The summed E-state index contributed by atoms with van der Waals surface area (Å²) >= 11 is 0. The Morgan fingerprint density at radius 1 is 0.308 bits per heavy atom. The van der Waals surface area contributed by atoms with Gasteiger partial charge in [-0.1, -0.05) is 211 Å². The summed E-state index contributed by atoms with van der Waals surface area (Å²) in [5.74, 6) is 2.70. The van der Waals surface area contributed by atoms with Gasteiger partial charge in [0, 0.05) is 28.2 Å². The zero-order valence-electron chi connectivity index (χ0n) is 44.6. The molecular formula is C71H57N7. The monoisotopic (exact) mass is 1010 g/mol. The Labute approximate surface area is 456 Å². The molecule has 10 aromatic carbocycles. The number of fused-ring (bicyclic) bond motifs is 1. The van der Waals surface area contributed by atoms with E-state index < -0.39 is 0 Å².